The molecule has 0 atom stereocenters. The lowest BCUT2D eigenvalue weighted by Gasteiger charge is -2.36. The minimum absolute atomic E-state index is 0.191. The number of nitrogens with one attached hydrogen (secondary N) is 1. The van der Waals surface area contributed by atoms with Crippen LogP contribution in [0.5, 0.6) is 0 Å². The van der Waals surface area contributed by atoms with E-state index in [0.717, 1.165) is 12.8 Å². The van der Waals surface area contributed by atoms with Crippen LogP contribution in [-0.2, 0) is 9.53 Å². The SMILES string of the molecule is CC(C)(C)OC(=O)N1CCC(NC(C)(C)C(N)=O)CC1. The summed E-state index contributed by atoms with van der Waals surface area (Å²) >= 11 is 0. The van der Waals surface area contributed by atoms with Crippen molar-refractivity contribution in [3.8, 4) is 0 Å². The fraction of sp³-hybridized carbons (Fsp3) is 0.857. The van der Waals surface area contributed by atoms with Crippen molar-refractivity contribution < 1.29 is 14.3 Å². The van der Waals surface area contributed by atoms with Gasteiger partial charge in [-0.05, 0) is 47.5 Å². The smallest absolute Gasteiger partial charge is 0.410 e. The largest absolute Gasteiger partial charge is 0.444 e. The van der Waals surface area contributed by atoms with Gasteiger partial charge in [-0.2, -0.15) is 0 Å². The third-order valence-corrected chi connectivity index (χ3v) is 3.33. The van der Waals surface area contributed by atoms with E-state index < -0.39 is 11.1 Å². The van der Waals surface area contributed by atoms with Crippen molar-refractivity contribution in [1.82, 2.24) is 10.2 Å². The van der Waals surface area contributed by atoms with E-state index in [2.05, 4.69) is 5.32 Å². The van der Waals surface area contributed by atoms with Crippen molar-refractivity contribution in [2.24, 2.45) is 5.73 Å². The van der Waals surface area contributed by atoms with Gasteiger partial charge in [-0.3, -0.25) is 4.79 Å². The van der Waals surface area contributed by atoms with E-state index in [1.54, 1.807) is 18.7 Å². The normalized spacial score (nSPS) is 17.9. The standard InChI is InChI=1S/C14H27N3O3/c1-13(2,3)20-12(19)17-8-6-10(7-9-17)16-14(4,5)11(15)18/h10,16H,6-9H2,1-5H3,(H2,15,18). The Morgan fingerprint density at radius 1 is 1.15 bits per heavy atom. The first-order valence-corrected chi connectivity index (χ1v) is 7.07. The molecule has 2 amide bonds. The number of likely N-dealkylation sites (tertiary alicyclic amines) is 1. The molecule has 1 saturated heterocycles. The highest BCUT2D eigenvalue weighted by Crippen LogP contribution is 2.17. The number of primary amides is 1. The predicted molar refractivity (Wildman–Crippen MR) is 77.2 cm³/mol. The highest BCUT2D eigenvalue weighted by atomic mass is 16.6. The summed E-state index contributed by atoms with van der Waals surface area (Å²) in [7, 11) is 0. The Bertz CT molecular complexity index is 366. The van der Waals surface area contributed by atoms with Crippen LogP contribution in [-0.4, -0.2) is 47.2 Å². The summed E-state index contributed by atoms with van der Waals surface area (Å²) in [6.07, 6.45) is 1.30. The first-order chi connectivity index (χ1) is 9.01. The molecular formula is C14H27N3O3. The maximum Gasteiger partial charge on any atom is 0.410 e. The Kier molecular flexibility index (Phi) is 5.02. The molecule has 0 radical (unpaired) electrons. The molecule has 6 heteroatoms. The van der Waals surface area contributed by atoms with Gasteiger partial charge in [0.05, 0.1) is 5.54 Å². The third-order valence-electron chi connectivity index (χ3n) is 3.33. The zero-order chi connectivity index (χ0) is 15.6. The van der Waals surface area contributed by atoms with Crippen molar-refractivity contribution in [2.45, 2.75) is 64.6 Å². The molecule has 0 unspecified atom stereocenters. The molecule has 0 spiro atoms. The van der Waals surface area contributed by atoms with Gasteiger partial charge in [-0.15, -0.1) is 0 Å². The van der Waals surface area contributed by atoms with Crippen LogP contribution in [0, 0.1) is 0 Å². The molecule has 6 nitrogen and oxygen atoms in total. The number of piperidine rings is 1. The molecule has 0 aliphatic carbocycles. The molecule has 116 valence electrons. The van der Waals surface area contributed by atoms with Gasteiger partial charge in [0.25, 0.3) is 0 Å². The molecule has 1 heterocycles. The van der Waals surface area contributed by atoms with Crippen molar-refractivity contribution in [2.75, 3.05) is 13.1 Å². The van der Waals surface area contributed by atoms with E-state index in [0.29, 0.717) is 13.1 Å². The van der Waals surface area contributed by atoms with E-state index in [4.69, 9.17) is 10.5 Å². The number of nitrogens with zero attached hydrogens (tertiary/aromatic N) is 1. The minimum atomic E-state index is -0.723. The number of carbonyl (C=O) groups excluding carboxylic acids is 2. The zero-order valence-electron chi connectivity index (χ0n) is 13.2. The van der Waals surface area contributed by atoms with Crippen molar-refractivity contribution in [1.29, 1.82) is 0 Å². The molecule has 0 aromatic rings. The minimum Gasteiger partial charge on any atom is -0.444 e. The number of carbonyl (C=O) groups is 2. The summed E-state index contributed by atoms with van der Waals surface area (Å²) < 4.78 is 5.34. The fourth-order valence-electron chi connectivity index (χ4n) is 2.11. The van der Waals surface area contributed by atoms with Gasteiger partial charge in [-0.1, -0.05) is 0 Å². The van der Waals surface area contributed by atoms with Crippen LogP contribution < -0.4 is 11.1 Å². The van der Waals surface area contributed by atoms with Crippen molar-refractivity contribution in [3.05, 3.63) is 0 Å². The molecule has 1 fully saturated rings. The topological polar surface area (TPSA) is 84.7 Å². The molecule has 0 bridgehead atoms. The van der Waals surface area contributed by atoms with Gasteiger partial charge in [0.1, 0.15) is 5.60 Å². The average molecular weight is 285 g/mol. The Morgan fingerprint density at radius 3 is 2.05 bits per heavy atom. The van der Waals surface area contributed by atoms with Crippen molar-refractivity contribution in [3.63, 3.8) is 0 Å². The van der Waals surface area contributed by atoms with Crippen LogP contribution in [0.25, 0.3) is 0 Å². The van der Waals surface area contributed by atoms with Gasteiger partial charge >= 0.3 is 6.09 Å². The van der Waals surface area contributed by atoms with Crippen LogP contribution in [0.3, 0.4) is 0 Å². The van der Waals surface area contributed by atoms with Crippen LogP contribution in [0.2, 0.25) is 0 Å². The van der Waals surface area contributed by atoms with E-state index >= 15 is 0 Å². The lowest BCUT2D eigenvalue weighted by atomic mass is 9.98. The monoisotopic (exact) mass is 285 g/mol. The molecule has 1 aliphatic rings. The fourth-order valence-corrected chi connectivity index (χ4v) is 2.11. The molecular weight excluding hydrogens is 258 g/mol. The number of hydrogen-bond donors (Lipinski definition) is 2. The summed E-state index contributed by atoms with van der Waals surface area (Å²) in [6, 6.07) is 0.191. The van der Waals surface area contributed by atoms with Crippen LogP contribution in [0.4, 0.5) is 4.79 Å². The Hall–Kier alpha value is -1.30. The van der Waals surface area contributed by atoms with Gasteiger partial charge in [0, 0.05) is 19.1 Å². The van der Waals surface area contributed by atoms with Gasteiger partial charge in [0.2, 0.25) is 5.91 Å². The maximum atomic E-state index is 11.9. The highest BCUT2D eigenvalue weighted by Gasteiger charge is 2.32. The van der Waals surface area contributed by atoms with Crippen LogP contribution >= 0.6 is 0 Å². The average Bonchev–Trinajstić information content (AvgIpc) is 2.26. The lowest BCUT2D eigenvalue weighted by Crippen LogP contribution is -2.57. The van der Waals surface area contributed by atoms with E-state index in [-0.39, 0.29) is 18.0 Å². The second kappa shape index (κ2) is 5.99. The van der Waals surface area contributed by atoms with Crippen LogP contribution in [0.1, 0.15) is 47.5 Å². The molecule has 0 aromatic carbocycles. The quantitative estimate of drug-likeness (QED) is 0.817. The van der Waals surface area contributed by atoms with Crippen LogP contribution in [0.15, 0.2) is 0 Å². The number of ether oxygens (including phenoxy) is 1. The van der Waals surface area contributed by atoms with E-state index in [9.17, 15) is 9.59 Å². The lowest BCUT2D eigenvalue weighted by molar-refractivity contribution is -0.123. The van der Waals surface area contributed by atoms with E-state index in [1.807, 2.05) is 20.8 Å². The highest BCUT2D eigenvalue weighted by molar-refractivity contribution is 5.83. The summed E-state index contributed by atoms with van der Waals surface area (Å²) in [5.41, 5.74) is 4.15. The summed E-state index contributed by atoms with van der Waals surface area (Å²) in [5.74, 6) is -0.368. The summed E-state index contributed by atoms with van der Waals surface area (Å²) in [4.78, 5) is 24.9. The Balaban J connectivity index is 2.44. The van der Waals surface area contributed by atoms with Gasteiger partial charge in [-0.25, -0.2) is 4.79 Å². The number of hydrogen-bond acceptors (Lipinski definition) is 4. The second-order valence-electron chi connectivity index (χ2n) is 6.88. The first-order valence-electron chi connectivity index (χ1n) is 7.07. The Labute approximate surface area is 121 Å². The molecule has 20 heavy (non-hydrogen) atoms. The number of amides is 2. The summed E-state index contributed by atoms with van der Waals surface area (Å²) in [6.45, 7) is 10.4. The molecule has 1 rings (SSSR count). The van der Waals surface area contributed by atoms with E-state index in [1.165, 1.54) is 0 Å². The van der Waals surface area contributed by atoms with Gasteiger partial charge in [0.15, 0.2) is 0 Å². The van der Waals surface area contributed by atoms with Gasteiger partial charge < -0.3 is 20.7 Å². The number of nitrogens with two attached hydrogens (primary N) is 1. The second-order valence-corrected chi connectivity index (χ2v) is 6.88. The Morgan fingerprint density at radius 2 is 1.65 bits per heavy atom. The van der Waals surface area contributed by atoms with Crippen molar-refractivity contribution >= 4 is 12.0 Å². The molecule has 3 N–H and O–H groups in total. The molecule has 1 aliphatic heterocycles. The first kappa shape index (κ1) is 16.8. The molecule has 0 saturated carbocycles. The predicted octanol–water partition coefficient (Wildman–Crippen LogP) is 1.24. The molecule has 0 aromatic heterocycles. The third kappa shape index (κ3) is 5.00. The zero-order valence-corrected chi connectivity index (χ0v) is 13.2. The number of rotatable bonds is 3. The summed E-state index contributed by atoms with van der Waals surface area (Å²) in [5, 5.41) is 3.25. The maximum absolute atomic E-state index is 11.9.